The third kappa shape index (κ3) is 6.09. The molecule has 1 aromatic rings. The lowest BCUT2D eigenvalue weighted by atomic mass is 10.1. The van der Waals surface area contributed by atoms with E-state index in [1.54, 1.807) is 0 Å². The minimum atomic E-state index is -0.290. The van der Waals surface area contributed by atoms with Gasteiger partial charge in [-0.05, 0) is 64.4 Å². The molecular formula is C14H22FN3S. The van der Waals surface area contributed by atoms with Gasteiger partial charge in [0.25, 0.3) is 0 Å². The maximum Gasteiger partial charge on any atom is 0.124 e. The number of thiocarbonyl (C=S) groups is 1. The first-order valence-electron chi connectivity index (χ1n) is 6.31. The molecule has 0 amide bonds. The number of nitrogens with zero attached hydrogens (tertiary/aromatic N) is 2. The Bertz CT molecular complexity index is 435. The standard InChI is InChI=1S/C14H22FN3S/c1-17(2)5-4-6-18(3)10-11-7-12(14(16)19)9-13(15)8-11/h7-9H,4-6,10H2,1-3H3,(H2,16,19). The van der Waals surface area contributed by atoms with E-state index in [0.717, 1.165) is 25.1 Å². The van der Waals surface area contributed by atoms with Crippen LogP contribution in [-0.4, -0.2) is 49.0 Å². The first kappa shape index (κ1) is 16.0. The van der Waals surface area contributed by atoms with E-state index in [2.05, 4.69) is 23.9 Å². The molecule has 0 unspecified atom stereocenters. The Hall–Kier alpha value is -1.04. The zero-order valence-corrected chi connectivity index (χ0v) is 12.6. The summed E-state index contributed by atoms with van der Waals surface area (Å²) in [7, 11) is 6.14. The predicted octanol–water partition coefficient (Wildman–Crippen LogP) is 1.84. The van der Waals surface area contributed by atoms with Gasteiger partial charge in [0.1, 0.15) is 10.8 Å². The number of hydrogen-bond acceptors (Lipinski definition) is 3. The molecule has 0 aliphatic heterocycles. The summed E-state index contributed by atoms with van der Waals surface area (Å²) in [6.07, 6.45) is 1.08. The second-order valence-electron chi connectivity index (χ2n) is 5.11. The van der Waals surface area contributed by atoms with Crippen molar-refractivity contribution in [1.82, 2.24) is 9.80 Å². The van der Waals surface area contributed by atoms with Gasteiger partial charge < -0.3 is 15.5 Å². The second-order valence-corrected chi connectivity index (χ2v) is 5.55. The van der Waals surface area contributed by atoms with Gasteiger partial charge in [-0.15, -0.1) is 0 Å². The fourth-order valence-electron chi connectivity index (χ4n) is 1.93. The van der Waals surface area contributed by atoms with Crippen LogP contribution in [-0.2, 0) is 6.54 Å². The molecule has 0 saturated carbocycles. The van der Waals surface area contributed by atoms with E-state index in [1.165, 1.54) is 12.1 Å². The van der Waals surface area contributed by atoms with Crippen molar-refractivity contribution in [2.75, 3.05) is 34.2 Å². The van der Waals surface area contributed by atoms with E-state index < -0.39 is 0 Å². The van der Waals surface area contributed by atoms with Gasteiger partial charge in [-0.1, -0.05) is 12.2 Å². The average Bonchev–Trinajstić information content (AvgIpc) is 2.27. The maximum atomic E-state index is 13.5. The van der Waals surface area contributed by atoms with Gasteiger partial charge in [-0.25, -0.2) is 4.39 Å². The summed E-state index contributed by atoms with van der Waals surface area (Å²) < 4.78 is 13.5. The summed E-state index contributed by atoms with van der Waals surface area (Å²) in [5.41, 5.74) is 7.03. The minimum absolute atomic E-state index is 0.232. The summed E-state index contributed by atoms with van der Waals surface area (Å²) in [6.45, 7) is 2.71. The highest BCUT2D eigenvalue weighted by Crippen LogP contribution is 2.11. The zero-order valence-electron chi connectivity index (χ0n) is 11.8. The highest BCUT2D eigenvalue weighted by Gasteiger charge is 2.06. The fourth-order valence-corrected chi connectivity index (χ4v) is 2.05. The van der Waals surface area contributed by atoms with E-state index in [0.29, 0.717) is 12.1 Å². The summed E-state index contributed by atoms with van der Waals surface area (Å²) >= 11 is 4.89. The molecule has 0 atom stereocenters. The first-order chi connectivity index (χ1) is 8.88. The van der Waals surface area contributed by atoms with Gasteiger partial charge in [0.2, 0.25) is 0 Å². The molecule has 0 heterocycles. The summed E-state index contributed by atoms with van der Waals surface area (Å²) in [4.78, 5) is 4.55. The van der Waals surface area contributed by atoms with Crippen molar-refractivity contribution < 1.29 is 4.39 Å². The SMILES string of the molecule is CN(C)CCCN(C)Cc1cc(F)cc(C(N)=S)c1. The molecule has 0 spiro atoms. The average molecular weight is 283 g/mol. The van der Waals surface area contributed by atoms with Crippen LogP contribution in [0.1, 0.15) is 17.5 Å². The zero-order chi connectivity index (χ0) is 14.4. The quantitative estimate of drug-likeness (QED) is 0.774. The Morgan fingerprint density at radius 1 is 1.21 bits per heavy atom. The molecule has 1 rings (SSSR count). The largest absolute Gasteiger partial charge is 0.389 e. The lowest BCUT2D eigenvalue weighted by Crippen LogP contribution is -2.23. The van der Waals surface area contributed by atoms with Crippen LogP contribution < -0.4 is 5.73 Å². The number of rotatable bonds is 7. The third-order valence-corrected chi connectivity index (χ3v) is 3.08. The Morgan fingerprint density at radius 3 is 2.47 bits per heavy atom. The molecule has 0 fully saturated rings. The smallest absolute Gasteiger partial charge is 0.124 e. The van der Waals surface area contributed by atoms with Gasteiger partial charge >= 0.3 is 0 Å². The van der Waals surface area contributed by atoms with Crippen molar-refractivity contribution in [3.63, 3.8) is 0 Å². The van der Waals surface area contributed by atoms with Crippen LogP contribution in [0.25, 0.3) is 0 Å². The van der Waals surface area contributed by atoms with Crippen molar-refractivity contribution in [3.05, 3.63) is 35.1 Å². The van der Waals surface area contributed by atoms with Crippen LogP contribution in [0.5, 0.6) is 0 Å². The number of halogens is 1. The van der Waals surface area contributed by atoms with Crippen molar-refractivity contribution in [2.24, 2.45) is 5.73 Å². The molecule has 19 heavy (non-hydrogen) atoms. The molecular weight excluding hydrogens is 261 g/mol. The van der Waals surface area contributed by atoms with Crippen LogP contribution in [0.15, 0.2) is 18.2 Å². The van der Waals surface area contributed by atoms with Crippen LogP contribution in [0.4, 0.5) is 4.39 Å². The van der Waals surface area contributed by atoms with Crippen LogP contribution in [0.2, 0.25) is 0 Å². The van der Waals surface area contributed by atoms with Gasteiger partial charge in [0.15, 0.2) is 0 Å². The lowest BCUT2D eigenvalue weighted by molar-refractivity contribution is 0.294. The van der Waals surface area contributed by atoms with E-state index in [9.17, 15) is 4.39 Å². The molecule has 0 aliphatic rings. The topological polar surface area (TPSA) is 32.5 Å². The summed E-state index contributed by atoms with van der Waals surface area (Å²) in [5, 5.41) is 0. The van der Waals surface area contributed by atoms with E-state index >= 15 is 0 Å². The molecule has 2 N–H and O–H groups in total. The third-order valence-electron chi connectivity index (χ3n) is 2.84. The number of nitrogens with two attached hydrogens (primary N) is 1. The fraction of sp³-hybridized carbons (Fsp3) is 0.500. The van der Waals surface area contributed by atoms with Crippen LogP contribution >= 0.6 is 12.2 Å². The Balaban J connectivity index is 2.58. The first-order valence-corrected chi connectivity index (χ1v) is 6.72. The normalized spacial score (nSPS) is 11.3. The van der Waals surface area contributed by atoms with Crippen LogP contribution in [0, 0.1) is 5.82 Å². The molecule has 0 saturated heterocycles. The molecule has 0 aromatic heterocycles. The monoisotopic (exact) mass is 283 g/mol. The lowest BCUT2D eigenvalue weighted by Gasteiger charge is -2.18. The van der Waals surface area contributed by atoms with Gasteiger partial charge in [0, 0.05) is 12.1 Å². The minimum Gasteiger partial charge on any atom is -0.389 e. The van der Waals surface area contributed by atoms with Gasteiger partial charge in [0.05, 0.1) is 0 Å². The predicted molar refractivity (Wildman–Crippen MR) is 81.8 cm³/mol. The van der Waals surface area contributed by atoms with Crippen molar-refractivity contribution in [2.45, 2.75) is 13.0 Å². The van der Waals surface area contributed by atoms with Crippen molar-refractivity contribution in [3.8, 4) is 0 Å². The molecule has 0 radical (unpaired) electrons. The molecule has 1 aromatic carbocycles. The van der Waals surface area contributed by atoms with Crippen molar-refractivity contribution >= 4 is 17.2 Å². The molecule has 5 heteroatoms. The maximum absolute atomic E-state index is 13.5. The second kappa shape index (κ2) is 7.53. The molecule has 3 nitrogen and oxygen atoms in total. The Labute approximate surface area is 120 Å². The van der Waals surface area contributed by atoms with E-state index in [4.69, 9.17) is 18.0 Å². The van der Waals surface area contributed by atoms with Crippen LogP contribution in [0.3, 0.4) is 0 Å². The Morgan fingerprint density at radius 2 is 1.89 bits per heavy atom. The highest BCUT2D eigenvalue weighted by atomic mass is 32.1. The van der Waals surface area contributed by atoms with Gasteiger partial charge in [-0.2, -0.15) is 0 Å². The molecule has 0 bridgehead atoms. The summed E-state index contributed by atoms with van der Waals surface area (Å²) in [6, 6.07) is 4.76. The van der Waals surface area contributed by atoms with Gasteiger partial charge in [-0.3, -0.25) is 0 Å². The van der Waals surface area contributed by atoms with E-state index in [-0.39, 0.29) is 10.8 Å². The molecule has 106 valence electrons. The summed E-state index contributed by atoms with van der Waals surface area (Å²) in [5.74, 6) is -0.290. The van der Waals surface area contributed by atoms with E-state index in [1.807, 2.05) is 13.1 Å². The number of benzene rings is 1. The van der Waals surface area contributed by atoms with Crippen molar-refractivity contribution in [1.29, 1.82) is 0 Å². The highest BCUT2D eigenvalue weighted by molar-refractivity contribution is 7.80. The Kier molecular flexibility index (Phi) is 6.34. The molecule has 0 aliphatic carbocycles. The number of hydrogen-bond donors (Lipinski definition) is 1.